The van der Waals surface area contributed by atoms with Crippen LogP contribution in [0.3, 0.4) is 0 Å². The third-order valence-corrected chi connectivity index (χ3v) is 3.15. The highest BCUT2D eigenvalue weighted by Crippen LogP contribution is 2.24. The molecule has 6 nitrogen and oxygen atoms in total. The predicted molar refractivity (Wildman–Crippen MR) is 83.9 cm³/mol. The molecule has 0 spiro atoms. The van der Waals surface area contributed by atoms with Crippen LogP contribution >= 0.6 is 0 Å². The van der Waals surface area contributed by atoms with Gasteiger partial charge in [-0.15, -0.1) is 0 Å². The van der Waals surface area contributed by atoms with Crippen LogP contribution in [0.5, 0.6) is 0 Å². The molecule has 0 fully saturated rings. The molecule has 2 amide bonds. The quantitative estimate of drug-likeness (QED) is 0.808. The smallest absolute Gasteiger partial charge is 0.308 e. The molecule has 0 aliphatic heterocycles. The molecule has 0 saturated heterocycles. The van der Waals surface area contributed by atoms with E-state index in [1.807, 2.05) is 0 Å². The second kappa shape index (κ2) is 6.44. The van der Waals surface area contributed by atoms with Crippen molar-refractivity contribution in [3.8, 4) is 0 Å². The number of para-hydroxylation sites is 1. The fourth-order valence-electron chi connectivity index (χ4n) is 1.71. The lowest BCUT2D eigenvalue weighted by molar-refractivity contribution is 0.262. The summed E-state index contributed by atoms with van der Waals surface area (Å²) in [5.74, 6) is -0.603. The lowest BCUT2D eigenvalue weighted by Crippen LogP contribution is -2.21. The van der Waals surface area contributed by atoms with Gasteiger partial charge in [0.1, 0.15) is 5.82 Å². The Balaban J connectivity index is 2.17. The summed E-state index contributed by atoms with van der Waals surface area (Å²) in [6.45, 7) is 0. The summed E-state index contributed by atoms with van der Waals surface area (Å²) < 4.78 is 38.1. The summed E-state index contributed by atoms with van der Waals surface area (Å²) in [4.78, 5) is 11.9. The number of halogens is 1. The van der Waals surface area contributed by atoms with Crippen LogP contribution in [0.2, 0.25) is 0 Å². The molecule has 2 rings (SSSR count). The molecule has 2 aromatic rings. The van der Waals surface area contributed by atoms with E-state index in [9.17, 15) is 17.6 Å². The van der Waals surface area contributed by atoms with Crippen molar-refractivity contribution in [2.75, 3.05) is 21.6 Å². The molecule has 8 heteroatoms. The summed E-state index contributed by atoms with van der Waals surface area (Å²) in [6.07, 6.45) is 0.962. The van der Waals surface area contributed by atoms with E-state index in [1.165, 1.54) is 6.07 Å². The van der Waals surface area contributed by atoms with Crippen molar-refractivity contribution in [1.29, 1.82) is 0 Å². The fraction of sp³-hybridized carbons (Fsp3) is 0.0714. The Labute approximate surface area is 127 Å². The van der Waals surface area contributed by atoms with E-state index in [2.05, 4.69) is 15.4 Å². The SMILES string of the molecule is CS(=O)(=O)Nc1ccc(F)cc1NC(=O)Nc1ccccc1. The van der Waals surface area contributed by atoms with Gasteiger partial charge in [0.2, 0.25) is 10.0 Å². The number of benzene rings is 2. The topological polar surface area (TPSA) is 87.3 Å². The molecule has 0 aliphatic carbocycles. The molecule has 3 N–H and O–H groups in total. The van der Waals surface area contributed by atoms with Gasteiger partial charge in [0.25, 0.3) is 0 Å². The number of hydrogen-bond acceptors (Lipinski definition) is 3. The minimum Gasteiger partial charge on any atom is -0.308 e. The Bertz CT molecular complexity index is 779. The highest BCUT2D eigenvalue weighted by molar-refractivity contribution is 7.92. The summed E-state index contributed by atoms with van der Waals surface area (Å²) in [6, 6.07) is 11.4. The number of rotatable bonds is 4. The number of carbonyl (C=O) groups excluding carboxylic acids is 1. The second-order valence-corrected chi connectivity index (χ2v) is 6.26. The lowest BCUT2D eigenvalue weighted by atomic mass is 10.2. The molecule has 0 heterocycles. The van der Waals surface area contributed by atoms with Crippen LogP contribution < -0.4 is 15.4 Å². The van der Waals surface area contributed by atoms with E-state index in [1.54, 1.807) is 30.3 Å². The maximum atomic E-state index is 13.3. The van der Waals surface area contributed by atoms with Crippen molar-refractivity contribution in [2.24, 2.45) is 0 Å². The van der Waals surface area contributed by atoms with E-state index in [0.717, 1.165) is 18.4 Å². The van der Waals surface area contributed by atoms with Crippen LogP contribution in [0.4, 0.5) is 26.2 Å². The zero-order chi connectivity index (χ0) is 16.2. The van der Waals surface area contributed by atoms with Crippen LogP contribution in [0, 0.1) is 5.82 Å². The van der Waals surface area contributed by atoms with Crippen molar-refractivity contribution in [3.05, 3.63) is 54.3 Å². The van der Waals surface area contributed by atoms with Crippen molar-refractivity contribution in [2.45, 2.75) is 0 Å². The Hall–Kier alpha value is -2.61. The molecule has 0 atom stereocenters. The number of hydrogen-bond donors (Lipinski definition) is 3. The maximum absolute atomic E-state index is 13.3. The zero-order valence-corrected chi connectivity index (χ0v) is 12.4. The van der Waals surface area contributed by atoms with Gasteiger partial charge in [-0.1, -0.05) is 18.2 Å². The maximum Gasteiger partial charge on any atom is 0.323 e. The number of carbonyl (C=O) groups is 1. The highest BCUT2D eigenvalue weighted by atomic mass is 32.2. The van der Waals surface area contributed by atoms with E-state index < -0.39 is 21.9 Å². The Morgan fingerprint density at radius 1 is 1.00 bits per heavy atom. The van der Waals surface area contributed by atoms with Crippen molar-refractivity contribution in [3.63, 3.8) is 0 Å². The van der Waals surface area contributed by atoms with Crippen molar-refractivity contribution >= 4 is 33.1 Å². The average molecular weight is 323 g/mol. The zero-order valence-electron chi connectivity index (χ0n) is 11.6. The first-order chi connectivity index (χ1) is 10.3. The van der Waals surface area contributed by atoms with E-state index in [4.69, 9.17) is 0 Å². The number of urea groups is 1. The third-order valence-electron chi connectivity index (χ3n) is 2.56. The summed E-state index contributed by atoms with van der Waals surface area (Å²) in [7, 11) is -3.55. The summed E-state index contributed by atoms with van der Waals surface area (Å²) in [5, 5.41) is 4.96. The van der Waals surface area contributed by atoms with Crippen LogP contribution in [0.1, 0.15) is 0 Å². The Morgan fingerprint density at radius 3 is 2.32 bits per heavy atom. The molecular weight excluding hydrogens is 309 g/mol. The molecule has 116 valence electrons. The van der Waals surface area contributed by atoms with Gasteiger partial charge in [0, 0.05) is 5.69 Å². The molecule has 0 saturated carbocycles. The van der Waals surface area contributed by atoms with Crippen LogP contribution in [0.15, 0.2) is 48.5 Å². The number of nitrogens with one attached hydrogen (secondary N) is 3. The summed E-state index contributed by atoms with van der Waals surface area (Å²) >= 11 is 0. The molecule has 2 aromatic carbocycles. The summed E-state index contributed by atoms with van der Waals surface area (Å²) in [5.41, 5.74) is 0.639. The molecule has 22 heavy (non-hydrogen) atoms. The molecule has 0 radical (unpaired) electrons. The lowest BCUT2D eigenvalue weighted by Gasteiger charge is -2.13. The minimum atomic E-state index is -3.55. The predicted octanol–water partition coefficient (Wildman–Crippen LogP) is 2.84. The molecular formula is C14H14FN3O3S. The first-order valence-electron chi connectivity index (χ1n) is 6.24. The van der Waals surface area contributed by atoms with Gasteiger partial charge < -0.3 is 10.6 Å². The van der Waals surface area contributed by atoms with Gasteiger partial charge in [0.05, 0.1) is 17.6 Å². The number of anilines is 3. The van der Waals surface area contributed by atoms with Gasteiger partial charge in [-0.2, -0.15) is 0 Å². The number of amides is 2. The minimum absolute atomic E-state index is 0.0128. The fourth-order valence-corrected chi connectivity index (χ4v) is 2.29. The monoisotopic (exact) mass is 323 g/mol. The van der Waals surface area contributed by atoms with Crippen LogP contribution in [-0.4, -0.2) is 20.7 Å². The van der Waals surface area contributed by atoms with Crippen molar-refractivity contribution < 1.29 is 17.6 Å². The van der Waals surface area contributed by atoms with Crippen LogP contribution in [-0.2, 0) is 10.0 Å². The van der Waals surface area contributed by atoms with E-state index in [0.29, 0.717) is 5.69 Å². The number of sulfonamides is 1. The van der Waals surface area contributed by atoms with E-state index >= 15 is 0 Å². The van der Waals surface area contributed by atoms with Crippen LogP contribution in [0.25, 0.3) is 0 Å². The first-order valence-corrected chi connectivity index (χ1v) is 8.13. The largest absolute Gasteiger partial charge is 0.323 e. The van der Waals surface area contributed by atoms with Gasteiger partial charge in [-0.3, -0.25) is 4.72 Å². The second-order valence-electron chi connectivity index (χ2n) is 4.51. The standard InChI is InChI=1S/C14H14FN3O3S/c1-22(20,21)18-12-8-7-10(15)9-13(12)17-14(19)16-11-5-3-2-4-6-11/h2-9,18H,1H3,(H2,16,17,19). The molecule has 0 unspecified atom stereocenters. The molecule has 0 bridgehead atoms. The third kappa shape index (κ3) is 4.74. The van der Waals surface area contributed by atoms with E-state index in [-0.39, 0.29) is 11.4 Å². The van der Waals surface area contributed by atoms with Crippen molar-refractivity contribution in [1.82, 2.24) is 0 Å². The molecule has 0 aliphatic rings. The highest BCUT2D eigenvalue weighted by Gasteiger charge is 2.11. The van der Waals surface area contributed by atoms with Gasteiger partial charge in [-0.25, -0.2) is 17.6 Å². The molecule has 0 aromatic heterocycles. The van der Waals surface area contributed by atoms with Gasteiger partial charge in [0.15, 0.2) is 0 Å². The average Bonchev–Trinajstić information content (AvgIpc) is 2.41. The van der Waals surface area contributed by atoms with Gasteiger partial charge >= 0.3 is 6.03 Å². The van der Waals surface area contributed by atoms with Gasteiger partial charge in [-0.05, 0) is 30.3 Å². The normalized spacial score (nSPS) is 10.8. The first kappa shape index (κ1) is 15.8. The Morgan fingerprint density at radius 2 is 1.68 bits per heavy atom. The Kier molecular flexibility index (Phi) is 4.62.